The summed E-state index contributed by atoms with van der Waals surface area (Å²) < 4.78 is 33.8. The standard InChI is InChI=1S/C27H32F2N8O/c1-27(2)14-37(20-8-7-17(28)9-19(20)29)25-22(27)24(30-3)33-26(34-25)32-23-15-5-6-16(23)13-36(12-15)18-10-21(38-4)35-31-11-18/h7-11,15-16,23H,5-6,12-14H2,1-4H3,(H2,30,32,33,34). The number of halogens is 2. The van der Waals surface area contributed by atoms with Gasteiger partial charge >= 0.3 is 0 Å². The Labute approximate surface area is 220 Å². The first kappa shape index (κ1) is 24.6. The summed E-state index contributed by atoms with van der Waals surface area (Å²) in [5.74, 6) is 1.98. The Morgan fingerprint density at radius 2 is 1.84 bits per heavy atom. The molecule has 1 aliphatic carbocycles. The SMILES string of the molecule is CNc1nc(NC2C3CCC2CN(c2cnnc(OC)c2)C3)nc2c1C(C)(C)CN2c1ccc(F)cc1F. The number of methoxy groups -OCH3 is 1. The molecule has 1 saturated heterocycles. The normalized spacial score (nSPS) is 23.4. The summed E-state index contributed by atoms with van der Waals surface area (Å²) in [5.41, 5.74) is 1.90. The Morgan fingerprint density at radius 1 is 1.08 bits per heavy atom. The first-order chi connectivity index (χ1) is 18.3. The number of fused-ring (bicyclic) bond motifs is 3. The van der Waals surface area contributed by atoms with Gasteiger partial charge in [-0.3, -0.25) is 0 Å². The van der Waals surface area contributed by atoms with Gasteiger partial charge in [0.1, 0.15) is 23.3 Å². The van der Waals surface area contributed by atoms with Gasteiger partial charge in [-0.2, -0.15) is 15.1 Å². The lowest BCUT2D eigenvalue weighted by Crippen LogP contribution is -2.48. The second-order valence-corrected chi connectivity index (χ2v) is 11.0. The van der Waals surface area contributed by atoms with Gasteiger partial charge in [0.05, 0.1) is 24.7 Å². The molecule has 6 rings (SSSR count). The number of aromatic nitrogens is 4. The maximum absolute atomic E-state index is 14.9. The van der Waals surface area contributed by atoms with Crippen molar-refractivity contribution in [2.24, 2.45) is 11.8 Å². The van der Waals surface area contributed by atoms with E-state index >= 15 is 0 Å². The Morgan fingerprint density at radius 3 is 2.53 bits per heavy atom. The molecular formula is C27H32F2N8O. The third kappa shape index (κ3) is 4.13. The van der Waals surface area contributed by atoms with Gasteiger partial charge in [0.25, 0.3) is 0 Å². The van der Waals surface area contributed by atoms with Crippen LogP contribution in [-0.2, 0) is 5.41 Å². The number of ether oxygens (including phenoxy) is 1. The fourth-order valence-electron chi connectivity index (χ4n) is 6.39. The van der Waals surface area contributed by atoms with Crippen molar-refractivity contribution < 1.29 is 13.5 Å². The molecular weight excluding hydrogens is 490 g/mol. The summed E-state index contributed by atoms with van der Waals surface area (Å²) in [5, 5.41) is 14.9. The molecule has 9 nitrogen and oxygen atoms in total. The fraction of sp³-hybridized carbons (Fsp3) is 0.481. The second-order valence-electron chi connectivity index (χ2n) is 11.0. The highest BCUT2D eigenvalue weighted by Crippen LogP contribution is 2.48. The number of nitrogens with one attached hydrogen (secondary N) is 2. The Bertz CT molecular complexity index is 1350. The lowest BCUT2D eigenvalue weighted by molar-refractivity contribution is 0.373. The van der Waals surface area contributed by atoms with Crippen LogP contribution in [0.25, 0.3) is 0 Å². The van der Waals surface area contributed by atoms with Crippen molar-refractivity contribution in [3.8, 4) is 5.88 Å². The molecule has 11 heteroatoms. The zero-order valence-corrected chi connectivity index (χ0v) is 22.0. The highest BCUT2D eigenvalue weighted by Gasteiger charge is 2.44. The molecule has 2 aromatic heterocycles. The monoisotopic (exact) mass is 522 g/mol. The molecule has 2 bridgehead atoms. The maximum atomic E-state index is 14.9. The average Bonchev–Trinajstić information content (AvgIpc) is 3.29. The van der Waals surface area contributed by atoms with E-state index < -0.39 is 11.6 Å². The summed E-state index contributed by atoms with van der Waals surface area (Å²) in [4.78, 5) is 14.0. The van der Waals surface area contributed by atoms with Crippen molar-refractivity contribution >= 4 is 29.0 Å². The molecule has 2 N–H and O–H groups in total. The molecule has 0 spiro atoms. The molecule has 4 heterocycles. The fourth-order valence-corrected chi connectivity index (χ4v) is 6.39. The number of piperidine rings is 1. The van der Waals surface area contributed by atoms with Gasteiger partial charge in [-0.25, -0.2) is 8.78 Å². The Hall–Kier alpha value is -3.76. The molecule has 0 amide bonds. The zero-order valence-electron chi connectivity index (χ0n) is 22.0. The first-order valence-electron chi connectivity index (χ1n) is 13.0. The predicted octanol–water partition coefficient (Wildman–Crippen LogP) is 4.35. The van der Waals surface area contributed by atoms with Gasteiger partial charge in [-0.1, -0.05) is 13.8 Å². The molecule has 0 radical (unpaired) electrons. The van der Waals surface area contributed by atoms with Crippen LogP contribution in [-0.4, -0.2) is 60.0 Å². The van der Waals surface area contributed by atoms with Gasteiger partial charge in [0.2, 0.25) is 11.8 Å². The summed E-state index contributed by atoms with van der Waals surface area (Å²) in [7, 11) is 3.43. The van der Waals surface area contributed by atoms with Gasteiger partial charge in [0, 0.05) is 55.8 Å². The van der Waals surface area contributed by atoms with Gasteiger partial charge in [0.15, 0.2) is 0 Å². The summed E-state index contributed by atoms with van der Waals surface area (Å²) in [6.07, 6.45) is 4.00. The van der Waals surface area contributed by atoms with E-state index in [0.29, 0.717) is 47.5 Å². The van der Waals surface area contributed by atoms with Gasteiger partial charge in [-0.05, 0) is 36.8 Å². The highest BCUT2D eigenvalue weighted by molar-refractivity contribution is 5.76. The van der Waals surface area contributed by atoms with Gasteiger partial charge < -0.3 is 25.2 Å². The highest BCUT2D eigenvalue weighted by atomic mass is 19.1. The van der Waals surface area contributed by atoms with Crippen LogP contribution in [0.15, 0.2) is 30.5 Å². The van der Waals surface area contributed by atoms with Crippen LogP contribution < -0.4 is 25.2 Å². The minimum Gasteiger partial charge on any atom is -0.480 e. The number of rotatable bonds is 6. The second kappa shape index (κ2) is 9.21. The van der Waals surface area contributed by atoms with Crippen LogP contribution in [0.1, 0.15) is 32.3 Å². The molecule has 2 fully saturated rings. The third-order valence-electron chi connectivity index (χ3n) is 8.13. The van der Waals surface area contributed by atoms with Gasteiger partial charge in [-0.15, -0.1) is 5.10 Å². The number of benzene rings is 1. The molecule has 3 aliphatic rings. The minimum absolute atomic E-state index is 0.219. The molecule has 2 unspecified atom stereocenters. The van der Waals surface area contributed by atoms with Crippen LogP contribution in [0.4, 0.5) is 37.7 Å². The molecule has 2 atom stereocenters. The molecule has 200 valence electrons. The number of nitrogens with zero attached hydrogens (tertiary/aromatic N) is 6. The van der Waals surface area contributed by atoms with Crippen molar-refractivity contribution in [3.05, 3.63) is 47.7 Å². The molecule has 38 heavy (non-hydrogen) atoms. The smallest absolute Gasteiger partial charge is 0.235 e. The zero-order chi connectivity index (χ0) is 26.6. The van der Waals surface area contributed by atoms with Crippen LogP contribution in [0, 0.1) is 23.5 Å². The molecule has 3 aromatic rings. The predicted molar refractivity (Wildman–Crippen MR) is 142 cm³/mol. The maximum Gasteiger partial charge on any atom is 0.235 e. The lowest BCUT2D eigenvalue weighted by atomic mass is 9.88. The quantitative estimate of drug-likeness (QED) is 0.490. The van der Waals surface area contributed by atoms with Crippen molar-refractivity contribution in [2.45, 2.75) is 38.1 Å². The van der Waals surface area contributed by atoms with Crippen LogP contribution in [0.5, 0.6) is 5.88 Å². The van der Waals surface area contributed by atoms with E-state index in [9.17, 15) is 8.78 Å². The van der Waals surface area contributed by atoms with Crippen LogP contribution >= 0.6 is 0 Å². The minimum atomic E-state index is -0.611. The Balaban J connectivity index is 1.30. The number of hydrogen-bond donors (Lipinski definition) is 2. The largest absolute Gasteiger partial charge is 0.480 e. The summed E-state index contributed by atoms with van der Waals surface area (Å²) in [6, 6.07) is 5.81. The van der Waals surface area contributed by atoms with Crippen LogP contribution in [0.3, 0.4) is 0 Å². The van der Waals surface area contributed by atoms with Crippen LogP contribution in [0.2, 0.25) is 0 Å². The van der Waals surface area contributed by atoms with Crippen molar-refractivity contribution in [1.82, 2.24) is 20.2 Å². The number of hydrogen-bond acceptors (Lipinski definition) is 9. The number of anilines is 5. The van der Waals surface area contributed by atoms with Crippen molar-refractivity contribution in [3.63, 3.8) is 0 Å². The van der Waals surface area contributed by atoms with E-state index in [1.165, 1.54) is 12.1 Å². The van der Waals surface area contributed by atoms with E-state index in [-0.39, 0.29) is 11.5 Å². The molecule has 2 aliphatic heterocycles. The first-order valence-corrected chi connectivity index (χ1v) is 13.0. The third-order valence-corrected chi connectivity index (χ3v) is 8.13. The van der Waals surface area contributed by atoms with E-state index in [1.54, 1.807) is 13.3 Å². The summed E-state index contributed by atoms with van der Waals surface area (Å²) >= 11 is 0. The lowest BCUT2D eigenvalue weighted by Gasteiger charge is -2.39. The molecule has 1 saturated carbocycles. The van der Waals surface area contributed by atoms with E-state index in [1.807, 2.05) is 18.0 Å². The van der Waals surface area contributed by atoms with E-state index in [0.717, 1.165) is 43.2 Å². The Kier molecular flexibility index (Phi) is 5.96. The van der Waals surface area contributed by atoms with E-state index in [4.69, 9.17) is 14.7 Å². The average molecular weight is 523 g/mol. The topological polar surface area (TPSA) is 91.3 Å². The van der Waals surface area contributed by atoms with E-state index in [2.05, 4.69) is 39.6 Å². The summed E-state index contributed by atoms with van der Waals surface area (Å²) in [6.45, 7) is 6.44. The van der Waals surface area contributed by atoms with Crippen molar-refractivity contribution in [2.75, 3.05) is 54.2 Å². The van der Waals surface area contributed by atoms with Crippen molar-refractivity contribution in [1.29, 1.82) is 0 Å². The molecule has 1 aromatic carbocycles.